The Morgan fingerprint density at radius 3 is 2.03 bits per heavy atom. The van der Waals surface area contributed by atoms with Crippen molar-refractivity contribution in [1.82, 2.24) is 4.90 Å². The number of aliphatic hydroxyl groups is 1. The van der Waals surface area contributed by atoms with E-state index in [1.807, 2.05) is 30.3 Å². The van der Waals surface area contributed by atoms with Gasteiger partial charge in [0, 0.05) is 12.1 Å². The second-order valence-electron chi connectivity index (χ2n) is 7.71. The normalized spacial score (nSPS) is 18.0. The zero-order valence-corrected chi connectivity index (χ0v) is 18.4. The summed E-state index contributed by atoms with van der Waals surface area (Å²) in [5.74, 6) is -1.65. The van der Waals surface area contributed by atoms with Crippen LogP contribution < -0.4 is 5.14 Å². The number of likely N-dealkylation sites (tertiary alicyclic amines) is 1. The van der Waals surface area contributed by atoms with Gasteiger partial charge in [-0.05, 0) is 29.7 Å². The van der Waals surface area contributed by atoms with Gasteiger partial charge in [0.15, 0.2) is 0 Å². The maximum atomic E-state index is 13.0. The summed E-state index contributed by atoms with van der Waals surface area (Å²) < 4.78 is 22.9. The summed E-state index contributed by atoms with van der Waals surface area (Å²) in [6, 6.07) is 23.0. The largest absolute Gasteiger partial charge is 0.507 e. The van der Waals surface area contributed by atoms with Crippen molar-refractivity contribution in [3.8, 4) is 0 Å². The summed E-state index contributed by atoms with van der Waals surface area (Å²) in [4.78, 5) is 27.4. The van der Waals surface area contributed by atoms with E-state index >= 15 is 0 Å². The van der Waals surface area contributed by atoms with E-state index in [2.05, 4.69) is 0 Å². The summed E-state index contributed by atoms with van der Waals surface area (Å²) in [6.07, 6.45) is 0.382. The smallest absolute Gasteiger partial charge is 0.295 e. The molecule has 1 atom stereocenters. The van der Waals surface area contributed by atoms with E-state index in [-0.39, 0.29) is 22.8 Å². The Hall–Kier alpha value is -3.75. The average Bonchev–Trinajstić information content (AvgIpc) is 3.08. The first kappa shape index (κ1) is 22.4. The van der Waals surface area contributed by atoms with Crippen LogP contribution in [0.2, 0.25) is 0 Å². The molecule has 0 saturated carbocycles. The Morgan fingerprint density at radius 2 is 1.45 bits per heavy atom. The maximum absolute atomic E-state index is 13.0. The number of benzene rings is 3. The van der Waals surface area contributed by atoms with Gasteiger partial charge in [-0.15, -0.1) is 0 Å². The lowest BCUT2D eigenvalue weighted by atomic mass is 9.95. The van der Waals surface area contributed by atoms with E-state index in [9.17, 15) is 23.1 Å². The van der Waals surface area contributed by atoms with Gasteiger partial charge in [0.25, 0.3) is 11.7 Å². The highest BCUT2D eigenvalue weighted by atomic mass is 32.2. The van der Waals surface area contributed by atoms with Crippen LogP contribution in [-0.2, 0) is 26.0 Å². The SMILES string of the molecule is NS(=O)(=O)c1ccc(CCN2C(=O)C(=O)/C(=C(\O)c3ccccc3)C2c2ccccc2)cc1. The quantitative estimate of drug-likeness (QED) is 0.332. The van der Waals surface area contributed by atoms with E-state index < -0.39 is 27.8 Å². The molecular weight excluding hydrogens is 440 g/mol. The molecule has 4 rings (SSSR count). The van der Waals surface area contributed by atoms with E-state index in [4.69, 9.17) is 5.14 Å². The van der Waals surface area contributed by atoms with Crippen LogP contribution in [0.1, 0.15) is 22.7 Å². The molecule has 168 valence electrons. The van der Waals surface area contributed by atoms with E-state index in [0.717, 1.165) is 5.56 Å². The second-order valence-corrected chi connectivity index (χ2v) is 9.27. The molecule has 7 nitrogen and oxygen atoms in total. The summed E-state index contributed by atoms with van der Waals surface area (Å²) in [6.45, 7) is 0.199. The second kappa shape index (κ2) is 9.01. The highest BCUT2D eigenvalue weighted by Crippen LogP contribution is 2.39. The summed E-state index contributed by atoms with van der Waals surface area (Å²) in [5.41, 5.74) is 1.98. The molecule has 1 heterocycles. The molecule has 0 bridgehead atoms. The number of ketones is 1. The molecule has 1 fully saturated rings. The molecule has 0 aliphatic carbocycles. The molecule has 3 aromatic carbocycles. The molecule has 33 heavy (non-hydrogen) atoms. The molecule has 0 spiro atoms. The number of nitrogens with two attached hydrogens (primary N) is 1. The highest BCUT2D eigenvalue weighted by Gasteiger charge is 2.45. The topological polar surface area (TPSA) is 118 Å². The minimum absolute atomic E-state index is 0.00107. The van der Waals surface area contributed by atoms with Crippen molar-refractivity contribution in [3.63, 3.8) is 0 Å². The molecule has 1 aliphatic rings. The van der Waals surface area contributed by atoms with Gasteiger partial charge in [-0.3, -0.25) is 9.59 Å². The van der Waals surface area contributed by atoms with Crippen LogP contribution in [0.5, 0.6) is 0 Å². The van der Waals surface area contributed by atoms with Crippen molar-refractivity contribution in [2.45, 2.75) is 17.4 Å². The zero-order chi connectivity index (χ0) is 23.6. The minimum Gasteiger partial charge on any atom is -0.507 e. The standard InChI is InChI=1S/C25H22N2O5S/c26-33(31,32)20-13-11-17(12-14-20)15-16-27-22(18-7-3-1-4-8-18)21(24(29)25(27)30)23(28)19-9-5-2-6-10-19/h1-14,22,28H,15-16H2,(H2,26,31,32)/b23-21-. The number of rotatable bonds is 6. The van der Waals surface area contributed by atoms with Gasteiger partial charge in [0.2, 0.25) is 10.0 Å². The minimum atomic E-state index is -3.80. The van der Waals surface area contributed by atoms with Gasteiger partial charge in [0.05, 0.1) is 16.5 Å². The van der Waals surface area contributed by atoms with Crippen LogP contribution in [0, 0.1) is 0 Å². The van der Waals surface area contributed by atoms with Crippen LogP contribution in [0.4, 0.5) is 0 Å². The number of aliphatic hydroxyl groups excluding tert-OH is 1. The monoisotopic (exact) mass is 462 g/mol. The molecule has 3 N–H and O–H groups in total. The lowest BCUT2D eigenvalue weighted by molar-refractivity contribution is -0.139. The van der Waals surface area contributed by atoms with Gasteiger partial charge in [0.1, 0.15) is 5.76 Å². The predicted molar refractivity (Wildman–Crippen MR) is 123 cm³/mol. The summed E-state index contributed by atoms with van der Waals surface area (Å²) >= 11 is 0. The number of Topliss-reactive ketones (excluding diaryl/α,β-unsaturated/α-hetero) is 1. The van der Waals surface area contributed by atoms with Crippen molar-refractivity contribution in [2.75, 3.05) is 6.54 Å². The molecule has 1 amide bonds. The third-order valence-electron chi connectivity index (χ3n) is 5.60. The van der Waals surface area contributed by atoms with E-state index in [1.165, 1.54) is 17.0 Å². The van der Waals surface area contributed by atoms with Crippen LogP contribution in [0.3, 0.4) is 0 Å². The molecule has 0 radical (unpaired) electrons. The van der Waals surface area contributed by atoms with E-state index in [1.54, 1.807) is 42.5 Å². The number of hydrogen-bond donors (Lipinski definition) is 2. The summed E-state index contributed by atoms with van der Waals surface area (Å²) in [5, 5.41) is 16.1. The maximum Gasteiger partial charge on any atom is 0.295 e. The van der Waals surface area contributed by atoms with Crippen molar-refractivity contribution in [2.24, 2.45) is 5.14 Å². The van der Waals surface area contributed by atoms with Gasteiger partial charge in [-0.25, -0.2) is 13.6 Å². The Labute approximate surface area is 191 Å². The van der Waals surface area contributed by atoms with Crippen molar-refractivity contribution < 1.29 is 23.1 Å². The van der Waals surface area contributed by atoms with Crippen molar-refractivity contribution in [3.05, 3.63) is 107 Å². The fraction of sp³-hybridized carbons (Fsp3) is 0.120. The molecule has 1 unspecified atom stereocenters. The van der Waals surface area contributed by atoms with Gasteiger partial charge < -0.3 is 10.0 Å². The molecule has 1 saturated heterocycles. The lowest BCUT2D eigenvalue weighted by Crippen LogP contribution is -2.31. The van der Waals surface area contributed by atoms with Crippen LogP contribution in [0.15, 0.2) is 95.4 Å². The number of nitrogens with zero attached hydrogens (tertiary/aromatic N) is 1. The Bertz CT molecular complexity index is 1320. The Balaban J connectivity index is 1.69. The Kier molecular flexibility index (Phi) is 6.13. The number of carbonyl (C=O) groups is 2. The van der Waals surface area contributed by atoms with Gasteiger partial charge in [-0.2, -0.15) is 0 Å². The fourth-order valence-corrected chi connectivity index (χ4v) is 4.45. The molecular formula is C25H22N2O5S. The Morgan fingerprint density at radius 1 is 0.879 bits per heavy atom. The first-order valence-electron chi connectivity index (χ1n) is 10.3. The number of amides is 1. The van der Waals surface area contributed by atoms with Gasteiger partial charge in [-0.1, -0.05) is 72.8 Å². The molecule has 1 aliphatic heterocycles. The van der Waals surface area contributed by atoms with Crippen LogP contribution in [-0.4, -0.2) is 36.7 Å². The average molecular weight is 463 g/mol. The highest BCUT2D eigenvalue weighted by molar-refractivity contribution is 7.89. The number of carbonyl (C=O) groups excluding carboxylic acids is 2. The van der Waals surface area contributed by atoms with Gasteiger partial charge >= 0.3 is 0 Å². The zero-order valence-electron chi connectivity index (χ0n) is 17.6. The number of sulfonamides is 1. The number of hydrogen-bond acceptors (Lipinski definition) is 5. The molecule has 0 aromatic heterocycles. The van der Waals surface area contributed by atoms with Crippen molar-refractivity contribution in [1.29, 1.82) is 0 Å². The lowest BCUT2D eigenvalue weighted by Gasteiger charge is -2.25. The predicted octanol–water partition coefficient (Wildman–Crippen LogP) is 3.00. The first-order chi connectivity index (χ1) is 15.8. The fourth-order valence-electron chi connectivity index (χ4n) is 3.94. The molecule has 8 heteroatoms. The summed E-state index contributed by atoms with van der Waals surface area (Å²) in [7, 11) is -3.80. The van der Waals surface area contributed by atoms with Crippen LogP contribution >= 0.6 is 0 Å². The van der Waals surface area contributed by atoms with E-state index in [0.29, 0.717) is 17.5 Å². The third-order valence-corrected chi connectivity index (χ3v) is 6.52. The number of primary sulfonamides is 1. The van der Waals surface area contributed by atoms with Crippen molar-refractivity contribution >= 4 is 27.5 Å². The first-order valence-corrected chi connectivity index (χ1v) is 11.8. The molecule has 3 aromatic rings. The third kappa shape index (κ3) is 4.57. The van der Waals surface area contributed by atoms with Crippen LogP contribution in [0.25, 0.3) is 5.76 Å².